The van der Waals surface area contributed by atoms with Crippen molar-refractivity contribution in [2.45, 2.75) is 69.9 Å². The van der Waals surface area contributed by atoms with E-state index in [1.807, 2.05) is 25.1 Å². The van der Waals surface area contributed by atoms with E-state index in [1.54, 1.807) is 45.0 Å². The Hall–Kier alpha value is -2.18. The van der Waals surface area contributed by atoms with Crippen molar-refractivity contribution in [1.82, 2.24) is 10.0 Å². The maximum Gasteiger partial charge on any atom is 0.241 e. The van der Waals surface area contributed by atoms with Crippen LogP contribution < -0.4 is 10.0 Å². The second kappa shape index (κ2) is 10.0. The molecule has 0 bridgehead atoms. The lowest BCUT2D eigenvalue weighted by molar-refractivity contribution is -0.121. The number of benzene rings is 2. The van der Waals surface area contributed by atoms with Crippen molar-refractivity contribution >= 4 is 15.9 Å². The molecule has 0 aliphatic rings. The zero-order valence-electron chi connectivity index (χ0n) is 17.7. The van der Waals surface area contributed by atoms with Crippen molar-refractivity contribution < 1.29 is 13.2 Å². The highest BCUT2D eigenvalue weighted by Gasteiger charge is 2.21. The number of hydrogen-bond donors (Lipinski definition) is 2. The first-order chi connectivity index (χ1) is 13.5. The molecule has 5 nitrogen and oxygen atoms in total. The van der Waals surface area contributed by atoms with Crippen LogP contribution in [0, 0.1) is 0 Å². The lowest BCUT2D eigenvalue weighted by Gasteiger charge is -2.20. The molecule has 6 heteroatoms. The van der Waals surface area contributed by atoms with E-state index >= 15 is 0 Å². The number of aryl methyl sites for hydroxylation is 2. The van der Waals surface area contributed by atoms with Crippen LogP contribution in [0.15, 0.2) is 59.5 Å². The van der Waals surface area contributed by atoms with Crippen LogP contribution in [-0.4, -0.2) is 25.9 Å². The minimum absolute atomic E-state index is 0.0108. The molecule has 0 saturated carbocycles. The summed E-state index contributed by atoms with van der Waals surface area (Å²) in [6, 6.07) is 17.0. The molecule has 0 saturated heterocycles. The van der Waals surface area contributed by atoms with Crippen molar-refractivity contribution in [3.05, 3.63) is 65.7 Å². The van der Waals surface area contributed by atoms with Crippen molar-refractivity contribution in [3.63, 3.8) is 0 Å². The third-order valence-electron chi connectivity index (χ3n) is 4.43. The predicted molar refractivity (Wildman–Crippen MR) is 117 cm³/mol. The zero-order chi connectivity index (χ0) is 21.5. The summed E-state index contributed by atoms with van der Waals surface area (Å²) in [5.74, 6) is 0.0108. The van der Waals surface area contributed by atoms with E-state index in [0.717, 1.165) is 18.4 Å². The molecule has 1 atom stereocenters. The SMILES string of the molecule is C[C@@H](CCc1ccccc1)NC(=O)CCc1ccc(S(=O)(=O)NC(C)(C)C)cc1. The largest absolute Gasteiger partial charge is 0.354 e. The van der Waals surface area contributed by atoms with Gasteiger partial charge in [0.15, 0.2) is 0 Å². The molecule has 0 fully saturated rings. The second-order valence-corrected chi connectivity index (χ2v) is 10.2. The quantitative estimate of drug-likeness (QED) is 0.652. The van der Waals surface area contributed by atoms with Crippen LogP contribution in [0.2, 0.25) is 0 Å². The van der Waals surface area contributed by atoms with Gasteiger partial charge in [-0.25, -0.2) is 13.1 Å². The number of carbonyl (C=O) groups excluding carboxylic acids is 1. The van der Waals surface area contributed by atoms with E-state index < -0.39 is 15.6 Å². The molecule has 29 heavy (non-hydrogen) atoms. The monoisotopic (exact) mass is 416 g/mol. The van der Waals surface area contributed by atoms with Crippen molar-refractivity contribution in [1.29, 1.82) is 0 Å². The van der Waals surface area contributed by atoms with Crippen molar-refractivity contribution in [2.24, 2.45) is 0 Å². The molecule has 1 amide bonds. The Labute approximate surface area is 175 Å². The Morgan fingerprint density at radius 1 is 0.931 bits per heavy atom. The van der Waals surface area contributed by atoms with Crippen LogP contribution >= 0.6 is 0 Å². The maximum absolute atomic E-state index is 12.3. The molecular weight excluding hydrogens is 384 g/mol. The normalized spacial score (nSPS) is 13.1. The van der Waals surface area contributed by atoms with Crippen LogP contribution in [-0.2, 0) is 27.7 Å². The third kappa shape index (κ3) is 8.38. The third-order valence-corrected chi connectivity index (χ3v) is 6.21. The topological polar surface area (TPSA) is 75.3 Å². The summed E-state index contributed by atoms with van der Waals surface area (Å²) >= 11 is 0. The fourth-order valence-corrected chi connectivity index (χ4v) is 4.42. The molecule has 0 aliphatic carbocycles. The zero-order valence-corrected chi connectivity index (χ0v) is 18.6. The molecule has 0 unspecified atom stereocenters. The smallest absolute Gasteiger partial charge is 0.241 e. The van der Waals surface area contributed by atoms with Crippen LogP contribution in [0.25, 0.3) is 0 Å². The van der Waals surface area contributed by atoms with Crippen LogP contribution in [0.1, 0.15) is 51.7 Å². The molecular formula is C23H32N2O3S. The highest BCUT2D eigenvalue weighted by Crippen LogP contribution is 2.15. The molecule has 0 aliphatic heterocycles. The molecule has 0 radical (unpaired) electrons. The van der Waals surface area contributed by atoms with Gasteiger partial charge in [-0.3, -0.25) is 4.79 Å². The summed E-state index contributed by atoms with van der Waals surface area (Å²) in [4.78, 5) is 12.4. The van der Waals surface area contributed by atoms with Crippen molar-refractivity contribution in [2.75, 3.05) is 0 Å². The fraction of sp³-hybridized carbons (Fsp3) is 0.435. The van der Waals surface area contributed by atoms with E-state index in [-0.39, 0.29) is 16.8 Å². The summed E-state index contributed by atoms with van der Waals surface area (Å²) in [5, 5.41) is 3.04. The Morgan fingerprint density at radius 3 is 2.10 bits per heavy atom. The van der Waals surface area contributed by atoms with Crippen molar-refractivity contribution in [3.8, 4) is 0 Å². The van der Waals surface area contributed by atoms with Gasteiger partial charge in [0.1, 0.15) is 0 Å². The summed E-state index contributed by atoms with van der Waals surface area (Å²) in [5.41, 5.74) is 1.67. The standard InChI is InChI=1S/C23H32N2O3S/c1-18(10-11-19-8-6-5-7-9-19)24-22(26)17-14-20-12-15-21(16-13-20)29(27,28)25-23(2,3)4/h5-9,12-13,15-16,18,25H,10-11,14,17H2,1-4H3,(H,24,26)/t18-/m0/s1. The van der Waals surface area contributed by atoms with E-state index in [4.69, 9.17) is 0 Å². The number of hydrogen-bond acceptors (Lipinski definition) is 3. The molecule has 0 spiro atoms. The lowest BCUT2D eigenvalue weighted by atomic mass is 10.1. The summed E-state index contributed by atoms with van der Waals surface area (Å²) in [6.07, 6.45) is 2.77. The first-order valence-corrected chi connectivity index (χ1v) is 11.5. The van der Waals surface area contributed by atoms with E-state index in [2.05, 4.69) is 22.2 Å². The second-order valence-electron chi connectivity index (χ2n) is 8.49. The minimum atomic E-state index is -3.54. The molecule has 2 N–H and O–H groups in total. The van der Waals surface area contributed by atoms with Crippen LogP contribution in [0.4, 0.5) is 0 Å². The van der Waals surface area contributed by atoms with Crippen LogP contribution in [0.3, 0.4) is 0 Å². The van der Waals surface area contributed by atoms with Gasteiger partial charge in [-0.05, 0) is 70.2 Å². The van der Waals surface area contributed by atoms with E-state index in [0.29, 0.717) is 12.8 Å². The van der Waals surface area contributed by atoms with E-state index in [9.17, 15) is 13.2 Å². The van der Waals surface area contributed by atoms with Gasteiger partial charge in [0.25, 0.3) is 0 Å². The van der Waals surface area contributed by atoms with Gasteiger partial charge < -0.3 is 5.32 Å². The van der Waals surface area contributed by atoms with Gasteiger partial charge in [-0.15, -0.1) is 0 Å². The number of sulfonamides is 1. The summed E-state index contributed by atoms with van der Waals surface area (Å²) in [6.45, 7) is 7.43. The Bertz CT molecular complexity index is 886. The molecule has 2 aromatic rings. The number of carbonyl (C=O) groups is 1. The molecule has 0 heterocycles. The van der Waals surface area contributed by atoms with Crippen LogP contribution in [0.5, 0.6) is 0 Å². The Balaban J connectivity index is 1.79. The first kappa shape index (κ1) is 23.1. The average Bonchev–Trinajstić information content (AvgIpc) is 2.64. The Kier molecular flexibility index (Phi) is 7.99. The highest BCUT2D eigenvalue weighted by atomic mass is 32.2. The van der Waals surface area contributed by atoms with Gasteiger partial charge in [0, 0.05) is 18.0 Å². The first-order valence-electron chi connectivity index (χ1n) is 10.0. The molecule has 158 valence electrons. The van der Waals surface area contributed by atoms with Gasteiger partial charge in [-0.1, -0.05) is 42.5 Å². The van der Waals surface area contributed by atoms with Gasteiger partial charge in [0.2, 0.25) is 15.9 Å². The fourth-order valence-electron chi connectivity index (χ4n) is 3.00. The average molecular weight is 417 g/mol. The summed E-state index contributed by atoms with van der Waals surface area (Å²) in [7, 11) is -3.54. The van der Waals surface area contributed by atoms with Gasteiger partial charge >= 0.3 is 0 Å². The summed E-state index contributed by atoms with van der Waals surface area (Å²) < 4.78 is 27.3. The van der Waals surface area contributed by atoms with Gasteiger partial charge in [-0.2, -0.15) is 0 Å². The maximum atomic E-state index is 12.3. The highest BCUT2D eigenvalue weighted by molar-refractivity contribution is 7.89. The predicted octanol–water partition coefficient (Wildman–Crippen LogP) is 3.83. The number of rotatable bonds is 9. The molecule has 2 rings (SSSR count). The lowest BCUT2D eigenvalue weighted by Crippen LogP contribution is -2.40. The van der Waals surface area contributed by atoms with E-state index in [1.165, 1.54) is 5.56 Å². The van der Waals surface area contributed by atoms with Gasteiger partial charge in [0.05, 0.1) is 4.90 Å². The molecule has 2 aromatic carbocycles. The minimum Gasteiger partial charge on any atom is -0.354 e. The number of amides is 1. The Morgan fingerprint density at radius 2 is 1.52 bits per heavy atom. The molecule has 0 aromatic heterocycles. The number of nitrogens with one attached hydrogen (secondary N) is 2.